The van der Waals surface area contributed by atoms with Gasteiger partial charge in [-0.1, -0.05) is 0 Å². The van der Waals surface area contributed by atoms with Crippen molar-refractivity contribution in [3.8, 4) is 5.75 Å². The first-order valence-electron chi connectivity index (χ1n) is 6.26. The van der Waals surface area contributed by atoms with Gasteiger partial charge in [0.05, 0.1) is 7.11 Å². The molecule has 4 heteroatoms. The minimum atomic E-state index is -0.486. The predicted molar refractivity (Wildman–Crippen MR) is 74.6 cm³/mol. The fourth-order valence-corrected chi connectivity index (χ4v) is 2.18. The van der Waals surface area contributed by atoms with Crippen molar-refractivity contribution in [2.75, 3.05) is 20.7 Å². The molecule has 1 amide bonds. The summed E-state index contributed by atoms with van der Waals surface area (Å²) in [6, 6.07) is 2.01. The minimum Gasteiger partial charge on any atom is -0.496 e. The lowest BCUT2D eigenvalue weighted by Crippen LogP contribution is -2.29. The first-order valence-corrected chi connectivity index (χ1v) is 6.26. The maximum Gasteiger partial charge on any atom is 0.286 e. The molecule has 0 aromatic heterocycles. The zero-order chi connectivity index (χ0) is 14.6. The topological polar surface area (TPSA) is 46.6 Å². The summed E-state index contributed by atoms with van der Waals surface area (Å²) in [4.78, 5) is 23.1. The van der Waals surface area contributed by atoms with E-state index in [0.29, 0.717) is 12.8 Å². The van der Waals surface area contributed by atoms with Crippen molar-refractivity contribution in [1.82, 2.24) is 4.90 Å². The second-order valence-corrected chi connectivity index (χ2v) is 4.75. The Bertz CT molecular complexity index is 495. The number of methoxy groups -OCH3 is 1. The predicted octanol–water partition coefficient (Wildman–Crippen LogP) is 1.82. The lowest BCUT2D eigenvalue weighted by molar-refractivity contribution is -0.137. The number of carbonyl (C=O) groups excluding carboxylic acids is 2. The van der Waals surface area contributed by atoms with Crippen LogP contribution >= 0.6 is 0 Å². The number of amides is 1. The maximum absolute atomic E-state index is 11.2. The van der Waals surface area contributed by atoms with Gasteiger partial charge in [-0.15, -0.1) is 0 Å². The molecule has 0 aliphatic rings. The van der Waals surface area contributed by atoms with E-state index in [4.69, 9.17) is 4.74 Å². The van der Waals surface area contributed by atoms with E-state index in [1.165, 1.54) is 16.0 Å². The van der Waals surface area contributed by atoms with Crippen LogP contribution in [-0.4, -0.2) is 37.8 Å². The molecular weight excluding hydrogens is 242 g/mol. The Balaban J connectivity index is 2.93. The third-order valence-electron chi connectivity index (χ3n) is 3.60. The van der Waals surface area contributed by atoms with Crippen LogP contribution in [0.4, 0.5) is 0 Å². The summed E-state index contributed by atoms with van der Waals surface area (Å²) >= 11 is 0. The first kappa shape index (κ1) is 15.2. The SMILES string of the molecule is COc1cc(C)c(CCN(C)C(=O)C=O)c(C)c1C. The number of rotatable bonds is 5. The van der Waals surface area contributed by atoms with Gasteiger partial charge < -0.3 is 9.64 Å². The highest BCUT2D eigenvalue weighted by Gasteiger charge is 2.13. The number of hydrogen-bond acceptors (Lipinski definition) is 3. The van der Waals surface area contributed by atoms with E-state index >= 15 is 0 Å². The highest BCUT2D eigenvalue weighted by molar-refractivity contribution is 6.23. The van der Waals surface area contributed by atoms with Gasteiger partial charge in [0.2, 0.25) is 6.29 Å². The van der Waals surface area contributed by atoms with Crippen LogP contribution in [0, 0.1) is 20.8 Å². The van der Waals surface area contributed by atoms with Crippen LogP contribution in [0.3, 0.4) is 0 Å². The van der Waals surface area contributed by atoms with Crippen molar-refractivity contribution in [3.05, 3.63) is 28.3 Å². The molecule has 0 heterocycles. The largest absolute Gasteiger partial charge is 0.496 e. The molecule has 0 fully saturated rings. The van der Waals surface area contributed by atoms with Crippen molar-refractivity contribution in [3.63, 3.8) is 0 Å². The molecular formula is C15H21NO3. The zero-order valence-corrected chi connectivity index (χ0v) is 12.2. The number of likely N-dealkylation sites (N-methyl/N-ethyl adjacent to an activating group) is 1. The maximum atomic E-state index is 11.2. The van der Waals surface area contributed by atoms with Crippen LogP contribution in [0.5, 0.6) is 5.75 Å². The van der Waals surface area contributed by atoms with Crippen molar-refractivity contribution in [2.45, 2.75) is 27.2 Å². The molecule has 1 aromatic rings. The molecule has 0 radical (unpaired) electrons. The lowest BCUT2D eigenvalue weighted by Gasteiger charge is -2.19. The van der Waals surface area contributed by atoms with Gasteiger partial charge in [-0.25, -0.2) is 0 Å². The first-order chi connectivity index (χ1) is 8.92. The second-order valence-electron chi connectivity index (χ2n) is 4.75. The van der Waals surface area contributed by atoms with Crippen LogP contribution in [0.2, 0.25) is 0 Å². The number of hydrogen-bond donors (Lipinski definition) is 0. The van der Waals surface area contributed by atoms with E-state index in [-0.39, 0.29) is 0 Å². The van der Waals surface area contributed by atoms with Crippen LogP contribution in [0.1, 0.15) is 22.3 Å². The summed E-state index contributed by atoms with van der Waals surface area (Å²) < 4.78 is 5.33. The smallest absolute Gasteiger partial charge is 0.286 e. The highest BCUT2D eigenvalue weighted by atomic mass is 16.5. The van der Waals surface area contributed by atoms with Crippen molar-refractivity contribution >= 4 is 12.2 Å². The fraction of sp³-hybridized carbons (Fsp3) is 0.467. The van der Waals surface area contributed by atoms with E-state index < -0.39 is 5.91 Å². The molecule has 0 unspecified atom stereocenters. The molecule has 0 aliphatic heterocycles. The third kappa shape index (κ3) is 3.34. The monoisotopic (exact) mass is 263 g/mol. The summed E-state index contributed by atoms with van der Waals surface area (Å²) in [5.41, 5.74) is 4.66. The van der Waals surface area contributed by atoms with E-state index in [1.807, 2.05) is 19.9 Å². The molecule has 0 bridgehead atoms. The summed E-state index contributed by atoms with van der Waals surface area (Å²) in [5.74, 6) is 0.400. The number of ether oxygens (including phenoxy) is 1. The van der Waals surface area contributed by atoms with Crippen molar-refractivity contribution in [1.29, 1.82) is 0 Å². The molecule has 4 nitrogen and oxygen atoms in total. The number of carbonyl (C=O) groups is 2. The van der Waals surface area contributed by atoms with E-state index in [1.54, 1.807) is 14.2 Å². The highest BCUT2D eigenvalue weighted by Crippen LogP contribution is 2.27. The average molecular weight is 263 g/mol. The summed E-state index contributed by atoms with van der Waals surface area (Å²) in [5, 5.41) is 0. The molecule has 19 heavy (non-hydrogen) atoms. The molecule has 104 valence electrons. The van der Waals surface area contributed by atoms with Crippen LogP contribution in [0.15, 0.2) is 6.07 Å². The van der Waals surface area contributed by atoms with Gasteiger partial charge in [0.15, 0.2) is 0 Å². The minimum absolute atomic E-state index is 0.346. The van der Waals surface area contributed by atoms with Gasteiger partial charge in [0, 0.05) is 13.6 Å². The molecule has 1 aromatic carbocycles. The molecule has 1 rings (SSSR count). The summed E-state index contributed by atoms with van der Waals surface area (Å²) in [7, 11) is 3.30. The normalized spacial score (nSPS) is 10.2. The van der Waals surface area contributed by atoms with E-state index in [9.17, 15) is 9.59 Å². The number of aryl methyl sites for hydroxylation is 1. The Labute approximate surface area is 114 Å². The lowest BCUT2D eigenvalue weighted by atomic mass is 9.95. The quantitative estimate of drug-likeness (QED) is 0.601. The Morgan fingerprint density at radius 3 is 2.47 bits per heavy atom. The summed E-state index contributed by atoms with van der Waals surface area (Å²) in [6.07, 6.45) is 1.08. The molecule has 0 saturated carbocycles. The standard InChI is InChI=1S/C15H21NO3/c1-10-8-14(19-5)12(3)11(2)13(10)6-7-16(4)15(18)9-17/h8-9H,6-7H2,1-5H3. The Morgan fingerprint density at radius 2 is 1.95 bits per heavy atom. The van der Waals surface area contributed by atoms with Gasteiger partial charge in [-0.3, -0.25) is 9.59 Å². The van der Waals surface area contributed by atoms with Crippen molar-refractivity contribution in [2.24, 2.45) is 0 Å². The number of benzene rings is 1. The Morgan fingerprint density at radius 1 is 1.32 bits per heavy atom. The van der Waals surface area contributed by atoms with Crippen LogP contribution < -0.4 is 4.74 Å². The van der Waals surface area contributed by atoms with Gasteiger partial charge >= 0.3 is 0 Å². The second kappa shape index (κ2) is 6.36. The molecule has 0 spiro atoms. The molecule has 0 aliphatic carbocycles. The van der Waals surface area contributed by atoms with Gasteiger partial charge in [0.1, 0.15) is 5.75 Å². The fourth-order valence-electron chi connectivity index (χ4n) is 2.18. The third-order valence-corrected chi connectivity index (χ3v) is 3.60. The van der Waals surface area contributed by atoms with Gasteiger partial charge in [0.25, 0.3) is 5.91 Å². The van der Waals surface area contributed by atoms with Crippen molar-refractivity contribution < 1.29 is 14.3 Å². The van der Waals surface area contributed by atoms with Gasteiger partial charge in [-0.05, 0) is 55.5 Å². The van der Waals surface area contributed by atoms with Crippen LogP contribution in [-0.2, 0) is 16.0 Å². The van der Waals surface area contributed by atoms with E-state index in [2.05, 4.69) is 6.92 Å². The van der Waals surface area contributed by atoms with Gasteiger partial charge in [-0.2, -0.15) is 0 Å². The molecule has 0 atom stereocenters. The molecule has 0 saturated heterocycles. The van der Waals surface area contributed by atoms with E-state index in [0.717, 1.165) is 23.3 Å². The number of nitrogens with zero attached hydrogens (tertiary/aromatic N) is 1. The number of aldehydes is 1. The average Bonchev–Trinajstić information content (AvgIpc) is 2.41. The zero-order valence-electron chi connectivity index (χ0n) is 12.2. The van der Waals surface area contributed by atoms with Crippen LogP contribution in [0.25, 0.3) is 0 Å². The summed E-state index contributed by atoms with van der Waals surface area (Å²) in [6.45, 7) is 6.65. The Kier molecular flexibility index (Phi) is 5.10. The molecule has 0 N–H and O–H groups in total. The Hall–Kier alpha value is -1.84.